The maximum Gasteiger partial charge on any atom is 0.289 e. The molecule has 3 aromatic rings. The quantitative estimate of drug-likeness (QED) is 0.225. The molecule has 3 heterocycles. The number of fused-ring (bicyclic) bond motifs is 1. The first kappa shape index (κ1) is 28.0. The zero-order valence-electron chi connectivity index (χ0n) is 23.3. The highest BCUT2D eigenvalue weighted by Gasteiger charge is 2.25. The first-order valence-electron chi connectivity index (χ1n) is 13.0. The lowest BCUT2D eigenvalue weighted by atomic mass is 9.95. The molecule has 0 aliphatic carbocycles. The van der Waals surface area contributed by atoms with Gasteiger partial charge in [-0.1, -0.05) is 47.3 Å². The van der Waals surface area contributed by atoms with Gasteiger partial charge in [0.1, 0.15) is 18.1 Å². The van der Waals surface area contributed by atoms with Crippen molar-refractivity contribution in [2.45, 2.75) is 66.0 Å². The van der Waals surface area contributed by atoms with Crippen molar-refractivity contribution in [1.82, 2.24) is 9.55 Å². The van der Waals surface area contributed by atoms with Gasteiger partial charge in [-0.2, -0.15) is 0 Å². The molecule has 1 aliphatic rings. The van der Waals surface area contributed by atoms with Crippen LogP contribution in [-0.2, 0) is 16.2 Å². The van der Waals surface area contributed by atoms with Gasteiger partial charge in [-0.05, 0) is 23.6 Å². The van der Waals surface area contributed by atoms with Gasteiger partial charge in [0.05, 0.1) is 18.5 Å². The Morgan fingerprint density at radius 1 is 1.18 bits per heavy atom. The minimum absolute atomic E-state index is 0.0802. The van der Waals surface area contributed by atoms with Crippen LogP contribution in [0.1, 0.15) is 39.2 Å². The van der Waals surface area contributed by atoms with Gasteiger partial charge in [0.2, 0.25) is 0 Å². The molecule has 1 aromatic carbocycles. The number of aromatic nitrogens is 2. The average molecular weight is 545 g/mol. The third-order valence-electron chi connectivity index (χ3n) is 6.31. The van der Waals surface area contributed by atoms with E-state index in [1.54, 1.807) is 12.3 Å². The molecule has 1 aliphatic heterocycles. The summed E-state index contributed by atoms with van der Waals surface area (Å²) in [6, 6.07) is 5.27. The van der Waals surface area contributed by atoms with Crippen LogP contribution in [0.4, 0.5) is 14.5 Å². The minimum Gasteiger partial charge on any atom is -0.464 e. The van der Waals surface area contributed by atoms with Crippen molar-refractivity contribution in [3.8, 4) is 11.5 Å². The van der Waals surface area contributed by atoms with Gasteiger partial charge in [0, 0.05) is 50.3 Å². The molecular formula is C28H38F2N4O3Si. The Labute approximate surface area is 224 Å². The third kappa shape index (κ3) is 6.71. The Hall–Kier alpha value is -2.98. The number of halogens is 2. The molecule has 38 heavy (non-hydrogen) atoms. The molecule has 0 saturated carbocycles. The average Bonchev–Trinajstić information content (AvgIpc) is 3.20. The summed E-state index contributed by atoms with van der Waals surface area (Å²) in [6.45, 7) is 17.1. The molecular weight excluding hydrogens is 506 g/mol. The molecule has 4 rings (SSSR count). The summed E-state index contributed by atoms with van der Waals surface area (Å²) in [5.41, 5.74) is 1.72. The normalized spacial score (nSPS) is 15.5. The van der Waals surface area contributed by atoms with E-state index in [0.29, 0.717) is 43.3 Å². The van der Waals surface area contributed by atoms with Crippen LogP contribution in [-0.4, -0.2) is 43.4 Å². The highest BCUT2D eigenvalue weighted by Crippen LogP contribution is 2.38. The Morgan fingerprint density at radius 2 is 1.89 bits per heavy atom. The maximum atomic E-state index is 15.1. The Balaban J connectivity index is 1.58. The Kier molecular flexibility index (Phi) is 8.13. The molecule has 7 nitrogen and oxygen atoms in total. The number of anilines is 1. The fraction of sp³-hybridized carbons (Fsp3) is 0.500. The van der Waals surface area contributed by atoms with Crippen LogP contribution in [0.5, 0.6) is 11.5 Å². The smallest absolute Gasteiger partial charge is 0.289 e. The SMILES string of the molecule is CC(C)c1cn(COCC[Si](C)(C)C)c2nccc(Oc3c(F)cc(NC4=NCC(C)(C)CO4)cc3F)c12. The number of rotatable bonds is 9. The highest BCUT2D eigenvalue weighted by molar-refractivity contribution is 6.76. The second-order valence-electron chi connectivity index (χ2n) is 12.1. The van der Waals surface area contributed by atoms with Gasteiger partial charge in [0.25, 0.3) is 6.02 Å². The molecule has 0 unspecified atom stereocenters. The van der Waals surface area contributed by atoms with Crippen LogP contribution in [0.25, 0.3) is 11.0 Å². The summed E-state index contributed by atoms with van der Waals surface area (Å²) in [7, 11) is -1.21. The summed E-state index contributed by atoms with van der Waals surface area (Å²) in [5, 5.41) is 3.56. The van der Waals surface area contributed by atoms with E-state index in [0.717, 1.165) is 11.6 Å². The van der Waals surface area contributed by atoms with E-state index in [1.807, 2.05) is 24.6 Å². The van der Waals surface area contributed by atoms with Crippen molar-refractivity contribution in [3.63, 3.8) is 0 Å². The lowest BCUT2D eigenvalue weighted by molar-refractivity contribution is 0.0898. The van der Waals surface area contributed by atoms with E-state index in [9.17, 15) is 0 Å². The number of benzene rings is 1. The predicted molar refractivity (Wildman–Crippen MR) is 150 cm³/mol. The Morgan fingerprint density at radius 3 is 2.50 bits per heavy atom. The van der Waals surface area contributed by atoms with Crippen molar-refractivity contribution >= 4 is 30.8 Å². The van der Waals surface area contributed by atoms with Crippen LogP contribution < -0.4 is 10.1 Å². The molecule has 0 saturated heterocycles. The third-order valence-corrected chi connectivity index (χ3v) is 8.01. The van der Waals surface area contributed by atoms with Gasteiger partial charge in [-0.25, -0.2) is 18.8 Å². The van der Waals surface area contributed by atoms with Crippen molar-refractivity contribution < 1.29 is 23.0 Å². The number of hydrogen-bond donors (Lipinski definition) is 1. The molecule has 0 spiro atoms. The number of nitrogens with one attached hydrogen (secondary N) is 1. The van der Waals surface area contributed by atoms with Crippen molar-refractivity contribution in [2.24, 2.45) is 10.4 Å². The molecule has 0 atom stereocenters. The van der Waals surface area contributed by atoms with E-state index in [2.05, 4.69) is 48.8 Å². The topological polar surface area (TPSA) is 69.9 Å². The number of nitrogens with zero attached hydrogens (tertiary/aromatic N) is 3. The number of pyridine rings is 1. The minimum atomic E-state index is -1.21. The highest BCUT2D eigenvalue weighted by atomic mass is 28.3. The predicted octanol–water partition coefficient (Wildman–Crippen LogP) is 7.37. The number of hydrogen-bond acceptors (Lipinski definition) is 6. The fourth-order valence-corrected chi connectivity index (χ4v) is 4.81. The number of amidine groups is 1. The van der Waals surface area contributed by atoms with E-state index in [4.69, 9.17) is 14.2 Å². The van der Waals surface area contributed by atoms with E-state index >= 15 is 8.78 Å². The lowest BCUT2D eigenvalue weighted by Crippen LogP contribution is -2.33. The standard InChI is InChI=1S/C28H38F2N4O3Si/c1-18(2)20-14-34(17-35-10-11-38(5,6)7)26-24(20)23(8-9-31-26)37-25-21(29)12-19(13-22(25)30)33-27-32-15-28(3,4)16-36-27/h8-9,12-14,18H,10-11,15-17H2,1-7H3,(H,32,33). The van der Waals surface area contributed by atoms with Crippen LogP contribution in [0, 0.1) is 17.0 Å². The summed E-state index contributed by atoms with van der Waals surface area (Å²) in [6.07, 6.45) is 3.56. The van der Waals surface area contributed by atoms with Crippen LogP contribution >= 0.6 is 0 Å². The van der Waals surface area contributed by atoms with Gasteiger partial charge in [-0.3, -0.25) is 0 Å². The summed E-state index contributed by atoms with van der Waals surface area (Å²) < 4.78 is 49.6. The summed E-state index contributed by atoms with van der Waals surface area (Å²) in [4.78, 5) is 8.85. The first-order valence-corrected chi connectivity index (χ1v) is 16.7. The second-order valence-corrected chi connectivity index (χ2v) is 17.8. The molecule has 0 radical (unpaired) electrons. The lowest BCUT2D eigenvalue weighted by Gasteiger charge is -2.28. The molecule has 0 bridgehead atoms. The monoisotopic (exact) mass is 544 g/mol. The fourth-order valence-electron chi connectivity index (χ4n) is 4.06. The van der Waals surface area contributed by atoms with Crippen molar-refractivity contribution in [2.75, 3.05) is 25.1 Å². The van der Waals surface area contributed by atoms with Crippen molar-refractivity contribution in [3.05, 3.63) is 47.8 Å². The summed E-state index contributed by atoms with van der Waals surface area (Å²) in [5.74, 6) is -1.69. The summed E-state index contributed by atoms with van der Waals surface area (Å²) >= 11 is 0. The van der Waals surface area contributed by atoms with Crippen LogP contribution in [0.3, 0.4) is 0 Å². The number of aliphatic imine (C=N–C) groups is 1. The van der Waals surface area contributed by atoms with Crippen LogP contribution in [0.2, 0.25) is 25.7 Å². The zero-order valence-corrected chi connectivity index (χ0v) is 24.3. The van der Waals surface area contributed by atoms with E-state index in [1.165, 1.54) is 12.1 Å². The molecule has 0 amide bonds. The molecule has 10 heteroatoms. The number of ether oxygens (including phenoxy) is 3. The van der Waals surface area contributed by atoms with Gasteiger partial charge < -0.3 is 24.1 Å². The molecule has 2 aromatic heterocycles. The molecule has 1 N–H and O–H groups in total. The van der Waals surface area contributed by atoms with E-state index < -0.39 is 25.5 Å². The zero-order chi connectivity index (χ0) is 27.7. The first-order chi connectivity index (χ1) is 17.8. The van der Waals surface area contributed by atoms with E-state index in [-0.39, 0.29) is 23.0 Å². The van der Waals surface area contributed by atoms with Crippen molar-refractivity contribution in [1.29, 1.82) is 0 Å². The maximum absolute atomic E-state index is 15.1. The van der Waals surface area contributed by atoms with Gasteiger partial charge in [-0.15, -0.1) is 0 Å². The van der Waals surface area contributed by atoms with Gasteiger partial charge >= 0.3 is 0 Å². The molecule has 0 fully saturated rings. The Bertz CT molecular complexity index is 1310. The van der Waals surface area contributed by atoms with Gasteiger partial charge in [0.15, 0.2) is 17.4 Å². The van der Waals surface area contributed by atoms with Crippen LogP contribution in [0.15, 0.2) is 35.6 Å². The second kappa shape index (κ2) is 11.0. The largest absolute Gasteiger partial charge is 0.464 e. The molecule has 206 valence electrons.